The van der Waals surface area contributed by atoms with Crippen molar-refractivity contribution in [1.29, 1.82) is 0 Å². The monoisotopic (exact) mass is 641 g/mol. The second-order valence-corrected chi connectivity index (χ2v) is 0.962. The first-order chi connectivity index (χ1) is 2.50. The molecule has 0 aromatic heterocycles. The van der Waals surface area contributed by atoms with E-state index in [1.165, 1.54) is 0 Å². The number of hydrogen-bond donors (Lipinski definition) is 0. The second kappa shape index (κ2) is 22.5. The summed E-state index contributed by atoms with van der Waals surface area (Å²) in [6.45, 7) is 0. The van der Waals surface area contributed by atoms with Gasteiger partial charge in [0.15, 0.2) is 0 Å². The molecule has 0 amide bonds. The molecule has 0 fully saturated rings. The SMILES string of the molecule is [CH3-].[Hf].[I-].[I-].[I-].c1cc[cH-]c1. The van der Waals surface area contributed by atoms with Gasteiger partial charge in [0.1, 0.15) is 0 Å². The van der Waals surface area contributed by atoms with E-state index in [9.17, 15) is 0 Å². The molecule has 0 N–H and O–H groups in total. The Balaban J connectivity index is -0.0000000167. The molecule has 0 radical (unpaired) electrons. The van der Waals surface area contributed by atoms with Gasteiger partial charge in [-0.05, 0) is 0 Å². The summed E-state index contributed by atoms with van der Waals surface area (Å²) in [5.74, 6) is 0. The summed E-state index contributed by atoms with van der Waals surface area (Å²) in [7, 11) is 0. The van der Waals surface area contributed by atoms with E-state index in [1.54, 1.807) is 0 Å². The summed E-state index contributed by atoms with van der Waals surface area (Å²) in [5.41, 5.74) is 0. The van der Waals surface area contributed by atoms with Gasteiger partial charge in [-0.1, -0.05) is 0 Å². The first kappa shape index (κ1) is 29.4. The van der Waals surface area contributed by atoms with Crippen LogP contribution in [0.5, 0.6) is 0 Å². The van der Waals surface area contributed by atoms with Crippen molar-refractivity contribution >= 4 is 0 Å². The molecular formula is C6H8HfI3-5. The summed E-state index contributed by atoms with van der Waals surface area (Å²) in [6, 6.07) is 10.0. The zero-order chi connectivity index (χ0) is 3.54. The molecule has 0 nitrogen and oxygen atoms in total. The molecule has 0 aliphatic rings. The Morgan fingerprint density at radius 2 is 1.10 bits per heavy atom. The average Bonchev–Trinajstić information content (AvgIpc) is 1.76. The fourth-order valence-corrected chi connectivity index (χ4v) is 0.321. The van der Waals surface area contributed by atoms with Gasteiger partial charge < -0.3 is 79.4 Å². The predicted octanol–water partition coefficient (Wildman–Crippen LogP) is -7.13. The van der Waals surface area contributed by atoms with Crippen LogP contribution < -0.4 is 71.9 Å². The van der Waals surface area contributed by atoms with Crippen LogP contribution >= 0.6 is 0 Å². The van der Waals surface area contributed by atoms with E-state index in [2.05, 4.69) is 0 Å². The molecule has 0 unspecified atom stereocenters. The van der Waals surface area contributed by atoms with Gasteiger partial charge in [-0.15, -0.1) is 0 Å². The summed E-state index contributed by atoms with van der Waals surface area (Å²) in [4.78, 5) is 0. The standard InChI is InChI=1S/C5H5.CH3.Hf.3HI/c1-2-4-5-3-1;;;;;/h1-5H;1H3;;3*1H/q2*-1;;;;/p-3. The van der Waals surface area contributed by atoms with Crippen molar-refractivity contribution in [2.24, 2.45) is 0 Å². The van der Waals surface area contributed by atoms with Crippen molar-refractivity contribution in [3.8, 4) is 0 Å². The number of rotatable bonds is 0. The van der Waals surface area contributed by atoms with E-state index in [4.69, 9.17) is 0 Å². The molecule has 0 spiro atoms. The van der Waals surface area contributed by atoms with E-state index >= 15 is 0 Å². The first-order valence-corrected chi connectivity index (χ1v) is 1.67. The van der Waals surface area contributed by atoms with Crippen LogP contribution in [0.25, 0.3) is 0 Å². The third-order valence-electron chi connectivity index (χ3n) is 0.556. The molecule has 0 aliphatic carbocycles. The average molecular weight is 639 g/mol. The van der Waals surface area contributed by atoms with Gasteiger partial charge in [0.05, 0.1) is 0 Å². The fraction of sp³-hybridized carbons (Fsp3) is 0. The van der Waals surface area contributed by atoms with Crippen molar-refractivity contribution < 1.29 is 97.8 Å². The Labute approximate surface area is 133 Å². The minimum absolute atomic E-state index is 0. The number of halogens is 3. The van der Waals surface area contributed by atoms with Crippen LogP contribution in [0.4, 0.5) is 0 Å². The minimum Gasteiger partial charge on any atom is -1.00 e. The zero-order valence-corrected chi connectivity index (χ0v) is 15.6. The Hall–Kier alpha value is 2.41. The van der Waals surface area contributed by atoms with Crippen molar-refractivity contribution in [3.05, 3.63) is 37.8 Å². The summed E-state index contributed by atoms with van der Waals surface area (Å²) < 4.78 is 0. The van der Waals surface area contributed by atoms with Crippen molar-refractivity contribution in [2.75, 3.05) is 0 Å². The van der Waals surface area contributed by atoms with Crippen LogP contribution in [0.3, 0.4) is 0 Å². The van der Waals surface area contributed by atoms with E-state index in [0.29, 0.717) is 0 Å². The maximum absolute atomic E-state index is 2.00. The van der Waals surface area contributed by atoms with Gasteiger partial charge in [0.2, 0.25) is 0 Å². The smallest absolute Gasteiger partial charge is 0 e. The van der Waals surface area contributed by atoms with Gasteiger partial charge in [0.25, 0.3) is 0 Å². The van der Waals surface area contributed by atoms with Crippen molar-refractivity contribution in [1.82, 2.24) is 0 Å². The molecule has 0 atom stereocenters. The number of hydrogen-bond acceptors (Lipinski definition) is 0. The molecule has 1 aromatic rings. The zero-order valence-electron chi connectivity index (χ0n) is 5.52. The molecule has 0 bridgehead atoms. The normalized spacial score (nSPS) is 4.00. The van der Waals surface area contributed by atoms with Gasteiger partial charge >= 0.3 is 0 Å². The molecule has 1 aromatic carbocycles. The van der Waals surface area contributed by atoms with Gasteiger partial charge in [-0.3, -0.25) is 0 Å². The van der Waals surface area contributed by atoms with E-state index < -0.39 is 0 Å². The molecule has 4 heteroatoms. The van der Waals surface area contributed by atoms with E-state index in [0.717, 1.165) is 0 Å². The topological polar surface area (TPSA) is 0 Å². The van der Waals surface area contributed by atoms with Crippen LogP contribution in [0.1, 0.15) is 0 Å². The van der Waals surface area contributed by atoms with Crippen LogP contribution in [0.2, 0.25) is 0 Å². The minimum atomic E-state index is 0. The van der Waals surface area contributed by atoms with Crippen molar-refractivity contribution in [3.63, 3.8) is 0 Å². The molecule has 0 saturated heterocycles. The van der Waals surface area contributed by atoms with E-state index in [1.807, 2.05) is 30.3 Å². The van der Waals surface area contributed by atoms with Crippen LogP contribution in [0, 0.1) is 7.43 Å². The third-order valence-corrected chi connectivity index (χ3v) is 0.556. The van der Waals surface area contributed by atoms with Gasteiger partial charge in [-0.25, -0.2) is 12.1 Å². The maximum Gasteiger partial charge on any atom is 0 e. The quantitative estimate of drug-likeness (QED) is 0.151. The summed E-state index contributed by atoms with van der Waals surface area (Å²) in [6.07, 6.45) is 0. The molecule has 1 rings (SSSR count). The van der Waals surface area contributed by atoms with Crippen LogP contribution in [-0.4, -0.2) is 0 Å². The molecule has 0 heterocycles. The first-order valence-electron chi connectivity index (χ1n) is 1.67. The van der Waals surface area contributed by atoms with Crippen LogP contribution in [-0.2, 0) is 25.8 Å². The maximum atomic E-state index is 2.00. The Bertz CT molecular complexity index is 69.5. The summed E-state index contributed by atoms with van der Waals surface area (Å²) >= 11 is 0. The van der Waals surface area contributed by atoms with Crippen molar-refractivity contribution in [2.45, 2.75) is 0 Å². The predicted molar refractivity (Wildman–Crippen MR) is 28.4 cm³/mol. The fourth-order valence-electron chi connectivity index (χ4n) is 0.321. The Kier molecular flexibility index (Phi) is 66.3. The molecule has 0 saturated carbocycles. The Morgan fingerprint density at radius 3 is 1.20 bits per heavy atom. The molecule has 10 heavy (non-hydrogen) atoms. The molecule has 0 aliphatic heterocycles. The Morgan fingerprint density at radius 1 is 0.800 bits per heavy atom. The van der Waals surface area contributed by atoms with E-state index in [-0.39, 0.29) is 105 Å². The van der Waals surface area contributed by atoms with Gasteiger partial charge in [-0.2, -0.15) is 18.2 Å². The summed E-state index contributed by atoms with van der Waals surface area (Å²) in [5, 5.41) is 0. The second-order valence-electron chi connectivity index (χ2n) is 0.962. The third kappa shape index (κ3) is 16.8. The van der Waals surface area contributed by atoms with Crippen LogP contribution in [0.15, 0.2) is 30.3 Å². The van der Waals surface area contributed by atoms with Gasteiger partial charge in [0, 0.05) is 25.8 Å². The molecule has 62 valence electrons. The molecular weight excluding hydrogens is 631 g/mol. The largest absolute Gasteiger partial charge is 1.00 e.